The Hall–Kier alpha value is -0.700. The fourth-order valence-electron chi connectivity index (χ4n) is 1.96. The van der Waals surface area contributed by atoms with Crippen LogP contribution in [-0.2, 0) is 5.41 Å². The summed E-state index contributed by atoms with van der Waals surface area (Å²) in [7, 11) is 1.70. The van der Waals surface area contributed by atoms with Crippen molar-refractivity contribution in [2.24, 2.45) is 11.8 Å². The summed E-state index contributed by atoms with van der Waals surface area (Å²) in [6.45, 7) is 11.8. The van der Waals surface area contributed by atoms with Gasteiger partial charge in [0.2, 0.25) is 0 Å². The maximum atomic E-state index is 6.09. The summed E-state index contributed by atoms with van der Waals surface area (Å²) in [6, 6.07) is 6.06. The lowest BCUT2D eigenvalue weighted by molar-refractivity contribution is 0.223. The first-order chi connectivity index (χ1) is 9.29. The van der Waals surface area contributed by atoms with E-state index in [0.29, 0.717) is 11.8 Å². The third-order valence-corrected chi connectivity index (χ3v) is 4.42. The molecular formula is C17H27BrO2. The van der Waals surface area contributed by atoms with Crippen LogP contribution >= 0.6 is 15.9 Å². The molecule has 3 heteroatoms. The van der Waals surface area contributed by atoms with Crippen molar-refractivity contribution in [2.45, 2.75) is 40.0 Å². The van der Waals surface area contributed by atoms with Gasteiger partial charge in [0.1, 0.15) is 11.5 Å². The Labute approximate surface area is 132 Å². The molecule has 0 aromatic heterocycles. The van der Waals surface area contributed by atoms with Crippen LogP contribution in [0, 0.1) is 11.8 Å². The van der Waals surface area contributed by atoms with Gasteiger partial charge in [0.15, 0.2) is 0 Å². The minimum Gasteiger partial charge on any atom is -0.497 e. The summed E-state index contributed by atoms with van der Waals surface area (Å²) in [5.41, 5.74) is 1.22. The molecule has 0 spiro atoms. The lowest BCUT2D eigenvalue weighted by atomic mass is 9.86. The zero-order valence-corrected chi connectivity index (χ0v) is 15.1. The quantitative estimate of drug-likeness (QED) is 0.674. The molecule has 0 aliphatic heterocycles. The van der Waals surface area contributed by atoms with Gasteiger partial charge in [0.05, 0.1) is 13.7 Å². The van der Waals surface area contributed by atoms with Crippen LogP contribution in [0.4, 0.5) is 0 Å². The lowest BCUT2D eigenvalue weighted by Crippen LogP contribution is -2.21. The number of halogens is 1. The second-order valence-corrected chi connectivity index (χ2v) is 7.23. The van der Waals surface area contributed by atoms with Crippen LogP contribution in [0.2, 0.25) is 0 Å². The Balaban J connectivity index is 2.94. The molecule has 1 rings (SSSR count). The first-order valence-corrected chi connectivity index (χ1v) is 8.29. The van der Waals surface area contributed by atoms with E-state index in [0.717, 1.165) is 23.4 Å². The summed E-state index contributed by atoms with van der Waals surface area (Å²) in [4.78, 5) is 0. The Morgan fingerprint density at radius 2 is 1.85 bits per heavy atom. The van der Waals surface area contributed by atoms with Crippen molar-refractivity contribution in [2.75, 3.05) is 19.0 Å². The molecule has 0 bridgehead atoms. The van der Waals surface area contributed by atoms with Gasteiger partial charge in [-0.3, -0.25) is 0 Å². The van der Waals surface area contributed by atoms with Crippen LogP contribution in [-0.4, -0.2) is 19.0 Å². The van der Waals surface area contributed by atoms with Crippen molar-refractivity contribution < 1.29 is 9.47 Å². The van der Waals surface area contributed by atoms with Crippen molar-refractivity contribution in [1.29, 1.82) is 0 Å². The second kappa shape index (κ2) is 7.35. The van der Waals surface area contributed by atoms with Gasteiger partial charge in [-0.1, -0.05) is 50.5 Å². The molecule has 0 fully saturated rings. The first kappa shape index (κ1) is 17.4. The van der Waals surface area contributed by atoms with Crippen molar-refractivity contribution in [3.63, 3.8) is 0 Å². The van der Waals surface area contributed by atoms with Crippen LogP contribution in [0.5, 0.6) is 11.5 Å². The van der Waals surface area contributed by atoms with Gasteiger partial charge in [0, 0.05) is 16.8 Å². The normalized spacial score (nSPS) is 13.4. The number of methoxy groups -OCH3 is 1. The molecule has 1 aromatic carbocycles. The van der Waals surface area contributed by atoms with E-state index in [1.165, 1.54) is 5.56 Å². The second-order valence-electron chi connectivity index (χ2n) is 6.58. The van der Waals surface area contributed by atoms with Crippen molar-refractivity contribution in [3.8, 4) is 11.5 Å². The molecule has 0 aliphatic carbocycles. The molecule has 0 N–H and O–H groups in total. The summed E-state index contributed by atoms with van der Waals surface area (Å²) in [6.07, 6.45) is 0. The summed E-state index contributed by atoms with van der Waals surface area (Å²) < 4.78 is 11.4. The van der Waals surface area contributed by atoms with E-state index in [1.54, 1.807) is 7.11 Å². The zero-order chi connectivity index (χ0) is 15.3. The molecule has 0 saturated heterocycles. The van der Waals surface area contributed by atoms with E-state index in [-0.39, 0.29) is 5.41 Å². The molecule has 0 aliphatic rings. The van der Waals surface area contributed by atoms with Gasteiger partial charge in [-0.05, 0) is 29.5 Å². The topological polar surface area (TPSA) is 18.5 Å². The van der Waals surface area contributed by atoms with E-state index >= 15 is 0 Å². The number of benzene rings is 1. The van der Waals surface area contributed by atoms with Crippen molar-refractivity contribution in [3.05, 3.63) is 23.8 Å². The monoisotopic (exact) mass is 342 g/mol. The molecular weight excluding hydrogens is 316 g/mol. The molecule has 0 amide bonds. The number of alkyl halides is 1. The van der Waals surface area contributed by atoms with E-state index in [4.69, 9.17) is 9.47 Å². The molecule has 1 unspecified atom stereocenters. The molecule has 1 atom stereocenters. The highest BCUT2D eigenvalue weighted by Crippen LogP contribution is 2.34. The van der Waals surface area contributed by atoms with Gasteiger partial charge < -0.3 is 9.47 Å². The Bertz CT molecular complexity index is 421. The van der Waals surface area contributed by atoms with E-state index in [1.807, 2.05) is 12.1 Å². The van der Waals surface area contributed by atoms with Crippen molar-refractivity contribution in [1.82, 2.24) is 0 Å². The fraction of sp³-hybridized carbons (Fsp3) is 0.647. The van der Waals surface area contributed by atoms with Gasteiger partial charge in [-0.25, -0.2) is 0 Å². The third-order valence-electron chi connectivity index (χ3n) is 3.59. The molecule has 20 heavy (non-hydrogen) atoms. The average Bonchev–Trinajstić information content (AvgIpc) is 2.38. The van der Waals surface area contributed by atoms with Crippen LogP contribution in [0.1, 0.15) is 40.2 Å². The molecule has 2 nitrogen and oxygen atoms in total. The Kier molecular flexibility index (Phi) is 6.38. The first-order valence-electron chi connectivity index (χ1n) is 7.16. The molecule has 0 radical (unpaired) electrons. The average molecular weight is 343 g/mol. The largest absolute Gasteiger partial charge is 0.497 e. The molecule has 0 saturated carbocycles. The molecule has 0 heterocycles. The molecule has 1 aromatic rings. The zero-order valence-electron chi connectivity index (χ0n) is 13.5. The standard InChI is InChI=1S/C17H27BrO2/c1-12(2)13(10-18)11-20-16-8-7-14(19-6)9-15(16)17(3,4)5/h7-9,12-13H,10-11H2,1-6H3. The minimum absolute atomic E-state index is 0.0333. The lowest BCUT2D eigenvalue weighted by Gasteiger charge is -2.25. The third kappa shape index (κ3) is 4.69. The number of rotatable bonds is 6. The Morgan fingerprint density at radius 1 is 1.20 bits per heavy atom. The van der Waals surface area contributed by atoms with Crippen LogP contribution < -0.4 is 9.47 Å². The smallest absolute Gasteiger partial charge is 0.123 e. The van der Waals surface area contributed by atoms with Gasteiger partial charge >= 0.3 is 0 Å². The van der Waals surface area contributed by atoms with Crippen LogP contribution in [0.15, 0.2) is 18.2 Å². The number of hydrogen-bond acceptors (Lipinski definition) is 2. The number of hydrogen-bond donors (Lipinski definition) is 0. The van der Waals surface area contributed by atoms with Gasteiger partial charge in [-0.2, -0.15) is 0 Å². The minimum atomic E-state index is 0.0333. The molecule has 114 valence electrons. The maximum Gasteiger partial charge on any atom is 0.123 e. The maximum absolute atomic E-state index is 6.09. The predicted octanol–water partition coefficient (Wildman–Crippen LogP) is 5.04. The SMILES string of the molecule is COc1ccc(OCC(CBr)C(C)C)c(C(C)(C)C)c1. The van der Waals surface area contributed by atoms with Crippen LogP contribution in [0.3, 0.4) is 0 Å². The summed E-state index contributed by atoms with van der Waals surface area (Å²) >= 11 is 3.57. The highest BCUT2D eigenvalue weighted by atomic mass is 79.9. The fourth-order valence-corrected chi connectivity index (χ4v) is 2.89. The van der Waals surface area contributed by atoms with Gasteiger partial charge in [-0.15, -0.1) is 0 Å². The van der Waals surface area contributed by atoms with E-state index in [2.05, 4.69) is 56.6 Å². The van der Waals surface area contributed by atoms with E-state index < -0.39 is 0 Å². The highest BCUT2D eigenvalue weighted by Gasteiger charge is 2.21. The van der Waals surface area contributed by atoms with E-state index in [9.17, 15) is 0 Å². The van der Waals surface area contributed by atoms with Crippen molar-refractivity contribution >= 4 is 15.9 Å². The summed E-state index contributed by atoms with van der Waals surface area (Å²) in [5.74, 6) is 2.96. The predicted molar refractivity (Wildman–Crippen MR) is 89.3 cm³/mol. The Morgan fingerprint density at radius 3 is 2.30 bits per heavy atom. The highest BCUT2D eigenvalue weighted by molar-refractivity contribution is 9.09. The summed E-state index contributed by atoms with van der Waals surface area (Å²) in [5, 5.41) is 0.964. The van der Waals surface area contributed by atoms with Crippen LogP contribution in [0.25, 0.3) is 0 Å². The number of ether oxygens (including phenoxy) is 2. The van der Waals surface area contributed by atoms with Gasteiger partial charge in [0.25, 0.3) is 0 Å².